The second-order valence-corrected chi connectivity index (χ2v) is 4.18. The van der Waals surface area contributed by atoms with E-state index in [2.05, 4.69) is 24.4 Å². The van der Waals surface area contributed by atoms with Crippen molar-refractivity contribution in [3.63, 3.8) is 0 Å². The van der Waals surface area contributed by atoms with Crippen LogP contribution in [0.5, 0.6) is 5.75 Å². The minimum absolute atomic E-state index is 0.443. The number of morpholine rings is 1. The molecule has 16 heavy (non-hydrogen) atoms. The van der Waals surface area contributed by atoms with Crippen molar-refractivity contribution in [3.8, 4) is 5.75 Å². The largest absolute Gasteiger partial charge is 0.494 e. The Bertz CT molecular complexity index is 321. The number of hydrogen-bond donors (Lipinski definition) is 1. The topological polar surface area (TPSA) is 30.5 Å². The molecule has 1 N–H and O–H groups in total. The van der Waals surface area contributed by atoms with Gasteiger partial charge in [0.25, 0.3) is 0 Å². The van der Waals surface area contributed by atoms with Crippen molar-refractivity contribution >= 4 is 0 Å². The van der Waals surface area contributed by atoms with E-state index in [1.54, 1.807) is 0 Å². The number of hydrogen-bond acceptors (Lipinski definition) is 3. The summed E-state index contributed by atoms with van der Waals surface area (Å²) in [5, 5.41) is 3.41. The molecule has 2 rings (SSSR count). The summed E-state index contributed by atoms with van der Waals surface area (Å²) in [6, 6.07) is 8.59. The molecule has 0 radical (unpaired) electrons. The maximum Gasteiger partial charge on any atom is 0.119 e. The lowest BCUT2D eigenvalue weighted by Gasteiger charge is -2.23. The van der Waals surface area contributed by atoms with E-state index in [0.717, 1.165) is 38.5 Å². The van der Waals surface area contributed by atoms with Crippen molar-refractivity contribution in [1.82, 2.24) is 5.32 Å². The van der Waals surface area contributed by atoms with Gasteiger partial charge in [0.15, 0.2) is 0 Å². The monoisotopic (exact) mass is 221 g/mol. The molecule has 0 spiro atoms. The Morgan fingerprint density at radius 3 is 3.19 bits per heavy atom. The van der Waals surface area contributed by atoms with Crippen LogP contribution in [0.25, 0.3) is 0 Å². The predicted octanol–water partition coefficient (Wildman–Crippen LogP) is 1.75. The van der Waals surface area contributed by atoms with Crippen molar-refractivity contribution < 1.29 is 9.47 Å². The molecular formula is C13H19NO2. The molecule has 0 bridgehead atoms. The van der Waals surface area contributed by atoms with Crippen molar-refractivity contribution in [1.29, 1.82) is 0 Å². The van der Waals surface area contributed by atoms with Crippen LogP contribution >= 0.6 is 0 Å². The Labute approximate surface area is 96.8 Å². The Kier molecular flexibility index (Phi) is 4.19. The first kappa shape index (κ1) is 11.4. The first-order valence-electron chi connectivity index (χ1n) is 5.85. The molecule has 0 aromatic heterocycles. The average Bonchev–Trinajstić information content (AvgIpc) is 2.30. The van der Waals surface area contributed by atoms with Crippen LogP contribution in [0.3, 0.4) is 0 Å². The highest BCUT2D eigenvalue weighted by Gasteiger charge is 2.12. The molecule has 1 fully saturated rings. The fourth-order valence-corrected chi connectivity index (χ4v) is 1.83. The lowest BCUT2D eigenvalue weighted by molar-refractivity contribution is 0.0691. The van der Waals surface area contributed by atoms with Gasteiger partial charge in [-0.3, -0.25) is 0 Å². The van der Waals surface area contributed by atoms with Crippen LogP contribution in [0.4, 0.5) is 0 Å². The minimum Gasteiger partial charge on any atom is -0.494 e. The van der Waals surface area contributed by atoms with Crippen LogP contribution < -0.4 is 10.1 Å². The predicted molar refractivity (Wildman–Crippen MR) is 63.9 cm³/mol. The molecule has 0 aliphatic carbocycles. The summed E-state index contributed by atoms with van der Waals surface area (Å²) in [4.78, 5) is 0. The lowest BCUT2D eigenvalue weighted by Crippen LogP contribution is -2.41. The number of nitrogens with one attached hydrogen (secondary N) is 1. The van der Waals surface area contributed by atoms with Crippen LogP contribution in [0.1, 0.15) is 12.0 Å². The first-order chi connectivity index (χ1) is 7.84. The minimum atomic E-state index is 0.443. The first-order valence-corrected chi connectivity index (χ1v) is 5.85. The van der Waals surface area contributed by atoms with Crippen LogP contribution in [0.2, 0.25) is 0 Å². The van der Waals surface area contributed by atoms with Gasteiger partial charge in [0.1, 0.15) is 5.75 Å². The fraction of sp³-hybridized carbons (Fsp3) is 0.538. The quantitative estimate of drug-likeness (QED) is 0.840. The summed E-state index contributed by atoms with van der Waals surface area (Å²) in [5.74, 6) is 0.955. The van der Waals surface area contributed by atoms with Gasteiger partial charge >= 0.3 is 0 Å². The van der Waals surface area contributed by atoms with E-state index in [1.807, 2.05) is 12.1 Å². The molecule has 3 heteroatoms. The Hall–Kier alpha value is -1.06. The van der Waals surface area contributed by atoms with Crippen molar-refractivity contribution in [2.75, 3.05) is 26.4 Å². The standard InChI is InChI=1S/C13H19NO2/c1-11-3-2-4-13(9-11)16-7-5-12-10-15-8-6-14-12/h2-4,9,12,14H,5-8,10H2,1H3. The van der Waals surface area contributed by atoms with Crippen LogP contribution in [0, 0.1) is 6.92 Å². The lowest BCUT2D eigenvalue weighted by atomic mass is 10.2. The highest BCUT2D eigenvalue weighted by molar-refractivity contribution is 5.27. The van der Waals surface area contributed by atoms with E-state index in [4.69, 9.17) is 9.47 Å². The van der Waals surface area contributed by atoms with Gasteiger partial charge in [0.2, 0.25) is 0 Å². The Balaban J connectivity index is 1.71. The maximum atomic E-state index is 5.69. The van der Waals surface area contributed by atoms with E-state index in [9.17, 15) is 0 Å². The summed E-state index contributed by atoms with van der Waals surface area (Å²) < 4.78 is 11.1. The van der Waals surface area contributed by atoms with Crippen molar-refractivity contribution in [2.24, 2.45) is 0 Å². The van der Waals surface area contributed by atoms with E-state index < -0.39 is 0 Å². The van der Waals surface area contributed by atoms with Gasteiger partial charge in [0.05, 0.1) is 19.8 Å². The molecule has 0 saturated carbocycles. The van der Waals surface area contributed by atoms with Gasteiger partial charge in [0, 0.05) is 12.6 Å². The molecule has 0 amide bonds. The van der Waals surface area contributed by atoms with Crippen LogP contribution in [-0.2, 0) is 4.74 Å². The number of rotatable bonds is 4. The second-order valence-electron chi connectivity index (χ2n) is 4.18. The molecule has 1 heterocycles. The van der Waals surface area contributed by atoms with Gasteiger partial charge in [-0.25, -0.2) is 0 Å². The van der Waals surface area contributed by atoms with E-state index in [-0.39, 0.29) is 0 Å². The summed E-state index contributed by atoms with van der Waals surface area (Å²) >= 11 is 0. The number of benzene rings is 1. The van der Waals surface area contributed by atoms with Gasteiger partial charge in [-0.05, 0) is 31.0 Å². The molecule has 1 aliphatic rings. The molecule has 1 saturated heterocycles. The van der Waals surface area contributed by atoms with E-state index in [1.165, 1.54) is 5.56 Å². The average molecular weight is 221 g/mol. The third-order valence-electron chi connectivity index (χ3n) is 2.72. The van der Waals surface area contributed by atoms with Gasteiger partial charge in [-0.1, -0.05) is 12.1 Å². The molecule has 1 aromatic rings. The highest BCUT2D eigenvalue weighted by atomic mass is 16.5. The summed E-state index contributed by atoms with van der Waals surface area (Å²) in [6.45, 7) is 5.40. The molecule has 3 nitrogen and oxygen atoms in total. The zero-order chi connectivity index (χ0) is 11.2. The zero-order valence-corrected chi connectivity index (χ0v) is 9.74. The zero-order valence-electron chi connectivity index (χ0n) is 9.74. The summed E-state index contributed by atoms with van der Waals surface area (Å²) in [5.41, 5.74) is 1.23. The van der Waals surface area contributed by atoms with Gasteiger partial charge < -0.3 is 14.8 Å². The summed E-state index contributed by atoms with van der Waals surface area (Å²) in [6.07, 6.45) is 0.994. The second kappa shape index (κ2) is 5.87. The molecule has 1 aromatic carbocycles. The molecule has 1 unspecified atom stereocenters. The van der Waals surface area contributed by atoms with Crippen LogP contribution in [0.15, 0.2) is 24.3 Å². The third-order valence-corrected chi connectivity index (χ3v) is 2.72. The molecule has 1 atom stereocenters. The smallest absolute Gasteiger partial charge is 0.119 e. The Morgan fingerprint density at radius 2 is 2.44 bits per heavy atom. The van der Waals surface area contributed by atoms with Crippen molar-refractivity contribution in [3.05, 3.63) is 29.8 Å². The highest BCUT2D eigenvalue weighted by Crippen LogP contribution is 2.12. The normalized spacial score (nSPS) is 20.7. The van der Waals surface area contributed by atoms with Gasteiger partial charge in [-0.15, -0.1) is 0 Å². The fourth-order valence-electron chi connectivity index (χ4n) is 1.83. The van der Waals surface area contributed by atoms with E-state index in [0.29, 0.717) is 6.04 Å². The number of aryl methyl sites for hydroxylation is 1. The maximum absolute atomic E-state index is 5.69. The SMILES string of the molecule is Cc1cccc(OCCC2COCCN2)c1. The Morgan fingerprint density at radius 1 is 1.50 bits per heavy atom. The van der Waals surface area contributed by atoms with Gasteiger partial charge in [-0.2, -0.15) is 0 Å². The summed E-state index contributed by atoms with van der Waals surface area (Å²) in [7, 11) is 0. The third kappa shape index (κ3) is 3.51. The molecule has 1 aliphatic heterocycles. The van der Waals surface area contributed by atoms with Crippen LogP contribution in [-0.4, -0.2) is 32.4 Å². The van der Waals surface area contributed by atoms with Crippen molar-refractivity contribution in [2.45, 2.75) is 19.4 Å². The molecule has 88 valence electrons. The van der Waals surface area contributed by atoms with E-state index >= 15 is 0 Å². The number of ether oxygens (including phenoxy) is 2. The molecular weight excluding hydrogens is 202 g/mol.